The van der Waals surface area contributed by atoms with E-state index in [0.29, 0.717) is 31.6 Å². The SMILES string of the molecule is COCCC(C)(C)OCCC(C)(C)OCCOP(=O)(Oc1ccc(CON)cc1)OC1C(COC(=O)c2ccccc2)OC(n2ccc(=O)[nH]c2=O)C1OC(=O)c1ccccc1. The number of benzene rings is 3. The highest BCUT2D eigenvalue weighted by atomic mass is 31.2. The maximum absolute atomic E-state index is 15.0. The van der Waals surface area contributed by atoms with E-state index in [1.807, 2.05) is 27.7 Å². The number of aromatic nitrogens is 2. The molecule has 1 saturated heterocycles. The van der Waals surface area contributed by atoms with Gasteiger partial charge in [-0.15, -0.1) is 0 Å². The summed E-state index contributed by atoms with van der Waals surface area (Å²) in [4.78, 5) is 59.0. The topological polar surface area (TPSA) is 224 Å². The fourth-order valence-corrected chi connectivity index (χ4v) is 7.55. The fourth-order valence-electron chi connectivity index (χ4n) is 6.16. The number of phosphoric ester groups is 1. The molecule has 62 heavy (non-hydrogen) atoms. The molecule has 1 aliphatic rings. The number of nitrogens with one attached hydrogen (secondary N) is 1. The predicted molar refractivity (Wildman–Crippen MR) is 223 cm³/mol. The second kappa shape index (κ2) is 22.4. The minimum Gasteiger partial charge on any atom is -0.459 e. The van der Waals surface area contributed by atoms with E-state index in [1.165, 1.54) is 24.3 Å². The Morgan fingerprint density at radius 2 is 1.40 bits per heavy atom. The van der Waals surface area contributed by atoms with E-state index in [1.54, 1.807) is 67.8 Å². The van der Waals surface area contributed by atoms with Crippen molar-refractivity contribution in [2.75, 3.05) is 40.1 Å². The first-order chi connectivity index (χ1) is 29.6. The number of aromatic amines is 1. The summed E-state index contributed by atoms with van der Waals surface area (Å²) in [5, 5.41) is 0. The second-order valence-electron chi connectivity index (χ2n) is 15.4. The first kappa shape index (κ1) is 48.0. The molecule has 0 aliphatic carbocycles. The van der Waals surface area contributed by atoms with E-state index in [9.17, 15) is 23.7 Å². The number of hydrogen-bond donors (Lipinski definition) is 2. The van der Waals surface area contributed by atoms with Gasteiger partial charge in [-0.1, -0.05) is 48.5 Å². The molecule has 0 radical (unpaired) electrons. The van der Waals surface area contributed by atoms with Gasteiger partial charge in [-0.05, 0) is 82.5 Å². The van der Waals surface area contributed by atoms with Crippen LogP contribution in [0.5, 0.6) is 5.75 Å². The Kier molecular flexibility index (Phi) is 17.3. The summed E-state index contributed by atoms with van der Waals surface area (Å²) in [7, 11) is -3.19. The number of phosphoric acid groups is 1. The summed E-state index contributed by atoms with van der Waals surface area (Å²) in [5.41, 5.74) is -1.73. The van der Waals surface area contributed by atoms with Crippen LogP contribution >= 0.6 is 7.82 Å². The van der Waals surface area contributed by atoms with Gasteiger partial charge in [0.15, 0.2) is 12.3 Å². The molecule has 1 aromatic heterocycles. The van der Waals surface area contributed by atoms with Crippen LogP contribution in [0.2, 0.25) is 0 Å². The summed E-state index contributed by atoms with van der Waals surface area (Å²) in [5.74, 6) is 3.68. The first-order valence-electron chi connectivity index (χ1n) is 19.9. The molecule has 5 rings (SSSR count). The number of nitrogens with two attached hydrogens (primary N) is 1. The van der Waals surface area contributed by atoms with Crippen molar-refractivity contribution in [1.82, 2.24) is 9.55 Å². The Morgan fingerprint density at radius 1 is 0.790 bits per heavy atom. The van der Waals surface area contributed by atoms with Crippen LogP contribution in [0.3, 0.4) is 0 Å². The summed E-state index contributed by atoms with van der Waals surface area (Å²) in [6, 6.07) is 23.3. The van der Waals surface area contributed by atoms with Crippen LogP contribution < -0.4 is 21.7 Å². The number of nitrogens with zero attached hydrogens (tertiary/aromatic N) is 1. The molecule has 18 nitrogen and oxygen atoms in total. The number of ether oxygens (including phenoxy) is 6. The molecule has 0 saturated carbocycles. The Balaban J connectivity index is 1.45. The van der Waals surface area contributed by atoms with Crippen molar-refractivity contribution in [3.63, 3.8) is 0 Å². The third kappa shape index (κ3) is 14.3. The van der Waals surface area contributed by atoms with Gasteiger partial charge in [0, 0.05) is 26.0 Å². The fraction of sp³-hybridized carbons (Fsp3) is 0.442. The van der Waals surface area contributed by atoms with Crippen molar-refractivity contribution in [2.24, 2.45) is 5.90 Å². The molecule has 3 aromatic carbocycles. The van der Waals surface area contributed by atoms with Crippen LogP contribution in [0.15, 0.2) is 107 Å². The van der Waals surface area contributed by atoms with Gasteiger partial charge in [-0.2, -0.15) is 0 Å². The second-order valence-corrected chi connectivity index (χ2v) is 16.9. The smallest absolute Gasteiger partial charge is 0.459 e. The van der Waals surface area contributed by atoms with Gasteiger partial charge in [0.25, 0.3) is 5.56 Å². The molecule has 336 valence electrons. The van der Waals surface area contributed by atoms with E-state index in [4.69, 9.17) is 52.7 Å². The molecule has 19 heteroatoms. The first-order valence-corrected chi connectivity index (χ1v) is 21.3. The standard InChI is InChI=1S/C43H54N3O15P/c1-42(2,21-24-52-5)54-25-22-43(3,4)55-26-27-57-62(51,60-33-18-16-30(17-19-33)28-56-44)61-36-34(29-53-39(48)31-12-8-6-9-13-31)58-38(46-23-20-35(47)45-41(46)50)37(36)59-40(49)32-14-10-7-11-15-32/h6-20,23,34,36-38H,21-22,24-29,44H2,1-5H3,(H,45,47,50). The summed E-state index contributed by atoms with van der Waals surface area (Å²) in [6.45, 7) is 7.77. The molecule has 1 fully saturated rings. The number of carbonyl (C=O) groups excluding carboxylic acids is 2. The number of H-pyrrole nitrogens is 1. The molecule has 0 amide bonds. The van der Waals surface area contributed by atoms with Crippen molar-refractivity contribution in [3.05, 3.63) is 135 Å². The lowest BCUT2D eigenvalue weighted by Gasteiger charge is -2.30. The molecular formula is C43H54N3O15P. The molecule has 0 bridgehead atoms. The van der Waals surface area contributed by atoms with E-state index >= 15 is 0 Å². The summed E-state index contributed by atoms with van der Waals surface area (Å²) < 4.78 is 69.4. The summed E-state index contributed by atoms with van der Waals surface area (Å²) in [6.07, 6.45) is -3.76. The molecule has 4 aromatic rings. The number of carbonyl (C=O) groups is 2. The Morgan fingerprint density at radius 3 is 2.02 bits per heavy atom. The van der Waals surface area contributed by atoms with E-state index in [-0.39, 0.29) is 36.7 Å². The van der Waals surface area contributed by atoms with Gasteiger partial charge in [-0.25, -0.2) is 24.8 Å². The van der Waals surface area contributed by atoms with Crippen LogP contribution in [0.1, 0.15) is 73.0 Å². The quantitative estimate of drug-likeness (QED) is 0.0383. The maximum atomic E-state index is 15.0. The highest BCUT2D eigenvalue weighted by molar-refractivity contribution is 7.49. The number of rotatable bonds is 24. The largest absolute Gasteiger partial charge is 0.530 e. The molecule has 1 aliphatic heterocycles. The lowest BCUT2D eigenvalue weighted by molar-refractivity contribution is -0.0847. The number of hydrogen-bond acceptors (Lipinski definition) is 16. The third-order valence-corrected chi connectivity index (χ3v) is 11.1. The van der Waals surface area contributed by atoms with Crippen molar-refractivity contribution >= 4 is 19.8 Å². The van der Waals surface area contributed by atoms with Crippen LogP contribution in [0.4, 0.5) is 0 Å². The van der Waals surface area contributed by atoms with Gasteiger partial charge >= 0.3 is 25.5 Å². The zero-order valence-electron chi connectivity index (χ0n) is 35.3. The summed E-state index contributed by atoms with van der Waals surface area (Å²) >= 11 is 0. The van der Waals surface area contributed by atoms with Crippen molar-refractivity contribution in [1.29, 1.82) is 0 Å². The Bertz CT molecular complexity index is 2200. The molecule has 5 unspecified atom stereocenters. The third-order valence-electron chi connectivity index (χ3n) is 9.62. The van der Waals surface area contributed by atoms with Crippen LogP contribution in [-0.4, -0.2) is 91.1 Å². The monoisotopic (exact) mass is 883 g/mol. The minimum atomic E-state index is -4.82. The van der Waals surface area contributed by atoms with Crippen molar-refractivity contribution in [2.45, 2.75) is 82.9 Å². The number of methoxy groups -OCH3 is 1. The van der Waals surface area contributed by atoms with Gasteiger partial charge in [0.05, 0.1) is 48.8 Å². The van der Waals surface area contributed by atoms with Crippen LogP contribution in [-0.2, 0) is 53.5 Å². The molecule has 2 heterocycles. The average Bonchev–Trinajstić information content (AvgIpc) is 3.56. The maximum Gasteiger partial charge on any atom is 0.530 e. The molecule has 5 atom stereocenters. The lowest BCUT2D eigenvalue weighted by atomic mass is 10.0. The predicted octanol–water partition coefficient (Wildman–Crippen LogP) is 5.51. The lowest BCUT2D eigenvalue weighted by Crippen LogP contribution is -2.42. The highest BCUT2D eigenvalue weighted by Crippen LogP contribution is 2.53. The number of esters is 2. The average molecular weight is 884 g/mol. The normalized spacial score (nSPS) is 18.8. The zero-order valence-corrected chi connectivity index (χ0v) is 36.2. The molecule has 0 spiro atoms. The van der Waals surface area contributed by atoms with E-state index < -0.39 is 73.4 Å². The van der Waals surface area contributed by atoms with Crippen LogP contribution in [0, 0.1) is 0 Å². The Hall–Kier alpha value is -5.01. The van der Waals surface area contributed by atoms with E-state index in [0.717, 1.165) is 16.8 Å². The van der Waals surface area contributed by atoms with Gasteiger partial charge < -0.3 is 32.9 Å². The minimum absolute atomic E-state index is 0.0424. The zero-order chi connectivity index (χ0) is 44.8. The van der Waals surface area contributed by atoms with Crippen LogP contribution in [0.25, 0.3) is 0 Å². The van der Waals surface area contributed by atoms with Crippen molar-refractivity contribution < 1.29 is 61.0 Å². The highest BCUT2D eigenvalue weighted by Gasteiger charge is 2.54. The van der Waals surface area contributed by atoms with Gasteiger partial charge in [0.2, 0.25) is 0 Å². The van der Waals surface area contributed by atoms with Gasteiger partial charge in [0.1, 0.15) is 24.6 Å². The van der Waals surface area contributed by atoms with E-state index in [2.05, 4.69) is 4.98 Å². The van der Waals surface area contributed by atoms with Crippen molar-refractivity contribution in [3.8, 4) is 5.75 Å². The molecular weight excluding hydrogens is 829 g/mol. The molecule has 3 N–H and O–H groups in total. The Labute approximate surface area is 359 Å². The van der Waals surface area contributed by atoms with Gasteiger partial charge in [-0.3, -0.25) is 28.2 Å².